The number of amides is 1. The molecule has 9 heteroatoms. The van der Waals surface area contributed by atoms with Gasteiger partial charge in [0.05, 0.1) is 0 Å². The topological polar surface area (TPSA) is 87.1 Å². The van der Waals surface area contributed by atoms with E-state index in [0.717, 1.165) is 32.7 Å². The van der Waals surface area contributed by atoms with Gasteiger partial charge in [0.2, 0.25) is 5.95 Å². The highest BCUT2D eigenvalue weighted by Gasteiger charge is 2.15. The van der Waals surface area contributed by atoms with Crippen molar-refractivity contribution < 1.29 is 4.79 Å². The van der Waals surface area contributed by atoms with E-state index in [1.807, 2.05) is 48.7 Å². The molecule has 3 heterocycles. The summed E-state index contributed by atoms with van der Waals surface area (Å²) in [6, 6.07) is 13.2. The number of hydrogen-bond donors (Lipinski definition) is 1. The summed E-state index contributed by atoms with van der Waals surface area (Å²) < 4.78 is 0. The number of piperazine rings is 1. The van der Waals surface area contributed by atoms with Crippen LogP contribution in [0.25, 0.3) is 11.5 Å². The van der Waals surface area contributed by atoms with Gasteiger partial charge in [-0.15, -0.1) is 0 Å². The molecule has 0 aliphatic carbocycles. The number of likely N-dealkylation sites (N-methyl/N-ethyl adjacent to an activating group) is 1. The molecule has 0 spiro atoms. The third-order valence-electron chi connectivity index (χ3n) is 5.13. The molecular formula is C22H25N7OS. The van der Waals surface area contributed by atoms with Crippen molar-refractivity contribution in [2.75, 3.05) is 44.8 Å². The molecule has 1 fully saturated rings. The molecule has 31 heavy (non-hydrogen) atoms. The predicted molar refractivity (Wildman–Crippen MR) is 122 cm³/mol. The second-order valence-electron chi connectivity index (χ2n) is 7.41. The van der Waals surface area contributed by atoms with Gasteiger partial charge >= 0.3 is 0 Å². The number of rotatable bonds is 6. The maximum absolute atomic E-state index is 12.7. The summed E-state index contributed by atoms with van der Waals surface area (Å²) in [5.41, 5.74) is 2.39. The van der Waals surface area contributed by atoms with Crippen LogP contribution < -0.4 is 5.32 Å². The van der Waals surface area contributed by atoms with Crippen LogP contribution in [-0.4, -0.2) is 75.1 Å². The Morgan fingerprint density at radius 3 is 2.48 bits per heavy atom. The van der Waals surface area contributed by atoms with Gasteiger partial charge in [-0.1, -0.05) is 30.0 Å². The number of hydrogen-bond acceptors (Lipinski definition) is 8. The van der Waals surface area contributed by atoms with Crippen LogP contribution in [0.4, 0.5) is 5.95 Å². The number of pyridine rings is 1. The Morgan fingerprint density at radius 2 is 1.81 bits per heavy atom. The van der Waals surface area contributed by atoms with Crippen molar-refractivity contribution in [1.82, 2.24) is 29.7 Å². The summed E-state index contributed by atoms with van der Waals surface area (Å²) >= 11 is 1.38. The lowest BCUT2D eigenvalue weighted by Crippen LogP contribution is -2.43. The molecule has 0 radical (unpaired) electrons. The lowest BCUT2D eigenvalue weighted by atomic mass is 10.1. The summed E-state index contributed by atoms with van der Waals surface area (Å²) in [6.45, 7) is 5.20. The van der Waals surface area contributed by atoms with E-state index in [9.17, 15) is 4.79 Å². The van der Waals surface area contributed by atoms with Crippen LogP contribution in [0.1, 0.15) is 15.9 Å². The maximum atomic E-state index is 12.7. The Labute approximate surface area is 186 Å². The molecular weight excluding hydrogens is 410 g/mol. The van der Waals surface area contributed by atoms with E-state index in [0.29, 0.717) is 22.2 Å². The van der Waals surface area contributed by atoms with Gasteiger partial charge in [0, 0.05) is 44.5 Å². The Bertz CT molecular complexity index is 1020. The van der Waals surface area contributed by atoms with E-state index in [1.54, 1.807) is 6.20 Å². The van der Waals surface area contributed by atoms with Gasteiger partial charge < -0.3 is 4.90 Å². The van der Waals surface area contributed by atoms with Crippen molar-refractivity contribution in [3.63, 3.8) is 0 Å². The second-order valence-corrected chi connectivity index (χ2v) is 8.19. The van der Waals surface area contributed by atoms with Crippen LogP contribution in [0.5, 0.6) is 0 Å². The zero-order valence-electron chi connectivity index (χ0n) is 17.7. The van der Waals surface area contributed by atoms with Crippen LogP contribution in [-0.2, 0) is 6.54 Å². The monoisotopic (exact) mass is 435 g/mol. The highest BCUT2D eigenvalue weighted by molar-refractivity contribution is 7.98. The molecule has 1 amide bonds. The zero-order chi connectivity index (χ0) is 21.6. The first-order valence-corrected chi connectivity index (χ1v) is 11.4. The van der Waals surface area contributed by atoms with Gasteiger partial charge in [-0.25, -0.2) is 4.98 Å². The van der Waals surface area contributed by atoms with Gasteiger partial charge in [-0.2, -0.15) is 9.97 Å². The lowest BCUT2D eigenvalue weighted by molar-refractivity contribution is 0.102. The van der Waals surface area contributed by atoms with Crippen LogP contribution in [0.15, 0.2) is 53.8 Å². The first-order valence-electron chi connectivity index (χ1n) is 10.1. The fraction of sp³-hybridized carbons (Fsp3) is 0.318. The molecule has 0 atom stereocenters. The van der Waals surface area contributed by atoms with Crippen molar-refractivity contribution >= 4 is 23.6 Å². The molecule has 160 valence electrons. The normalized spacial score (nSPS) is 15.0. The zero-order valence-corrected chi connectivity index (χ0v) is 18.5. The van der Waals surface area contributed by atoms with Gasteiger partial charge in [-0.05, 0) is 43.1 Å². The van der Waals surface area contributed by atoms with Crippen LogP contribution in [0.3, 0.4) is 0 Å². The van der Waals surface area contributed by atoms with Crippen molar-refractivity contribution in [1.29, 1.82) is 0 Å². The molecule has 1 saturated heterocycles. The summed E-state index contributed by atoms with van der Waals surface area (Å²) in [4.78, 5) is 34.9. The van der Waals surface area contributed by atoms with Crippen molar-refractivity contribution in [2.24, 2.45) is 0 Å². The van der Waals surface area contributed by atoms with Crippen molar-refractivity contribution in [3.8, 4) is 11.5 Å². The largest absolute Gasteiger partial charge is 0.304 e. The van der Waals surface area contributed by atoms with Gasteiger partial charge in [0.15, 0.2) is 11.0 Å². The fourth-order valence-electron chi connectivity index (χ4n) is 3.31. The number of benzene rings is 1. The van der Waals surface area contributed by atoms with Crippen molar-refractivity contribution in [2.45, 2.75) is 11.7 Å². The summed E-state index contributed by atoms with van der Waals surface area (Å²) in [6.07, 6.45) is 3.56. The van der Waals surface area contributed by atoms with Crippen molar-refractivity contribution in [3.05, 3.63) is 59.8 Å². The fourth-order valence-corrected chi connectivity index (χ4v) is 3.67. The smallest absolute Gasteiger partial charge is 0.258 e. The van der Waals surface area contributed by atoms with Gasteiger partial charge in [-0.3, -0.25) is 20.0 Å². The Hall–Kier alpha value is -2.88. The Morgan fingerprint density at radius 1 is 1.03 bits per heavy atom. The van der Waals surface area contributed by atoms with E-state index >= 15 is 0 Å². The number of nitrogens with zero attached hydrogens (tertiary/aromatic N) is 6. The summed E-state index contributed by atoms with van der Waals surface area (Å²) in [5.74, 6) is 0.390. The quantitative estimate of drug-likeness (QED) is 0.592. The minimum absolute atomic E-state index is 0.214. The number of nitrogens with one attached hydrogen (secondary N) is 1. The Kier molecular flexibility index (Phi) is 6.86. The van der Waals surface area contributed by atoms with E-state index in [1.165, 1.54) is 17.3 Å². The third kappa shape index (κ3) is 5.63. The van der Waals surface area contributed by atoms with E-state index < -0.39 is 0 Å². The SMILES string of the molecule is CSc1nc(NC(=O)c2ccc(CN3CCN(C)CC3)cc2)nc(-c2ccccn2)n1. The second kappa shape index (κ2) is 9.95. The Balaban J connectivity index is 1.44. The van der Waals surface area contributed by atoms with Crippen LogP contribution in [0, 0.1) is 0 Å². The highest BCUT2D eigenvalue weighted by atomic mass is 32.2. The molecule has 1 aromatic carbocycles. The highest BCUT2D eigenvalue weighted by Crippen LogP contribution is 2.18. The first-order chi connectivity index (χ1) is 15.1. The van der Waals surface area contributed by atoms with E-state index in [4.69, 9.17) is 0 Å². The standard InChI is InChI=1S/C22H25N7OS/c1-28-11-13-29(14-12-28)15-16-6-8-17(9-7-16)20(30)26-21-24-19(25-22(27-21)31-2)18-5-3-4-10-23-18/h3-10H,11-15H2,1-2H3,(H,24,25,26,27,30). The average molecular weight is 436 g/mol. The molecule has 1 N–H and O–H groups in total. The van der Waals surface area contributed by atoms with Crippen LogP contribution >= 0.6 is 11.8 Å². The molecule has 0 saturated carbocycles. The average Bonchev–Trinajstić information content (AvgIpc) is 2.81. The maximum Gasteiger partial charge on any atom is 0.258 e. The minimum atomic E-state index is -0.253. The number of aromatic nitrogens is 4. The lowest BCUT2D eigenvalue weighted by Gasteiger charge is -2.32. The predicted octanol–water partition coefficient (Wildman–Crippen LogP) is 2.66. The molecule has 0 unspecified atom stereocenters. The molecule has 1 aliphatic rings. The minimum Gasteiger partial charge on any atom is -0.304 e. The number of carbonyl (C=O) groups excluding carboxylic acids is 1. The molecule has 4 rings (SSSR count). The molecule has 0 bridgehead atoms. The number of thioether (sulfide) groups is 1. The third-order valence-corrected chi connectivity index (χ3v) is 5.68. The molecule has 3 aromatic rings. The van der Waals surface area contributed by atoms with Gasteiger partial charge in [0.1, 0.15) is 5.69 Å². The van der Waals surface area contributed by atoms with Gasteiger partial charge in [0.25, 0.3) is 5.91 Å². The summed E-state index contributed by atoms with van der Waals surface area (Å²) in [5, 5.41) is 3.31. The van der Waals surface area contributed by atoms with Crippen LogP contribution in [0.2, 0.25) is 0 Å². The molecule has 1 aliphatic heterocycles. The molecule has 2 aromatic heterocycles. The first kappa shape index (κ1) is 21.4. The number of carbonyl (C=O) groups is 1. The summed E-state index contributed by atoms with van der Waals surface area (Å²) in [7, 11) is 2.15. The van der Waals surface area contributed by atoms with E-state index in [2.05, 4.69) is 42.1 Å². The molecule has 8 nitrogen and oxygen atoms in total. The van der Waals surface area contributed by atoms with E-state index in [-0.39, 0.29) is 11.9 Å². The number of anilines is 1.